The Kier molecular flexibility index (Phi) is 4.32. The predicted molar refractivity (Wildman–Crippen MR) is 78.6 cm³/mol. The lowest BCUT2D eigenvalue weighted by molar-refractivity contribution is 0.100. The minimum atomic E-state index is -0.491. The van der Waals surface area contributed by atoms with Gasteiger partial charge in [-0.25, -0.2) is 0 Å². The molecule has 4 N–H and O–H groups in total. The number of nitrogens with zero attached hydrogens (tertiary/aromatic N) is 1. The third-order valence-electron chi connectivity index (χ3n) is 3.70. The van der Waals surface area contributed by atoms with Crippen LogP contribution in [0.2, 0.25) is 5.02 Å². The SMILES string of the molecule is CC(N)C1CCCCN1c1cccc(Cl)c1C(N)=O. The second-order valence-corrected chi connectivity index (χ2v) is 5.52. The van der Waals surface area contributed by atoms with Crippen molar-refractivity contribution in [2.45, 2.75) is 38.3 Å². The summed E-state index contributed by atoms with van der Waals surface area (Å²) in [4.78, 5) is 13.8. The van der Waals surface area contributed by atoms with Crippen LogP contribution in [0.25, 0.3) is 0 Å². The van der Waals surface area contributed by atoms with Crippen LogP contribution in [0.5, 0.6) is 0 Å². The fourth-order valence-electron chi connectivity index (χ4n) is 2.80. The molecule has 1 heterocycles. The highest BCUT2D eigenvalue weighted by atomic mass is 35.5. The van der Waals surface area contributed by atoms with E-state index in [1.807, 2.05) is 19.1 Å². The Balaban J connectivity index is 2.44. The first-order valence-corrected chi connectivity index (χ1v) is 7.00. The smallest absolute Gasteiger partial charge is 0.252 e. The third-order valence-corrected chi connectivity index (χ3v) is 4.02. The van der Waals surface area contributed by atoms with Crippen molar-refractivity contribution in [1.29, 1.82) is 0 Å². The van der Waals surface area contributed by atoms with Crippen LogP contribution < -0.4 is 16.4 Å². The van der Waals surface area contributed by atoms with Crippen molar-refractivity contribution in [2.24, 2.45) is 11.5 Å². The second kappa shape index (κ2) is 5.80. The number of benzene rings is 1. The molecule has 0 saturated carbocycles. The number of anilines is 1. The molecule has 1 aromatic carbocycles. The van der Waals surface area contributed by atoms with Crippen molar-refractivity contribution in [3.05, 3.63) is 28.8 Å². The summed E-state index contributed by atoms with van der Waals surface area (Å²) in [6, 6.07) is 5.70. The zero-order chi connectivity index (χ0) is 14.0. The van der Waals surface area contributed by atoms with Crippen LogP contribution >= 0.6 is 11.6 Å². The highest BCUT2D eigenvalue weighted by Crippen LogP contribution is 2.32. The quantitative estimate of drug-likeness (QED) is 0.892. The van der Waals surface area contributed by atoms with E-state index in [2.05, 4.69) is 4.90 Å². The first-order valence-electron chi connectivity index (χ1n) is 6.63. The van der Waals surface area contributed by atoms with E-state index in [4.69, 9.17) is 23.1 Å². The zero-order valence-electron chi connectivity index (χ0n) is 11.1. The number of nitrogens with two attached hydrogens (primary N) is 2. The molecule has 2 unspecified atom stereocenters. The van der Waals surface area contributed by atoms with Crippen molar-refractivity contribution in [3.63, 3.8) is 0 Å². The summed E-state index contributed by atoms with van der Waals surface area (Å²) >= 11 is 6.11. The second-order valence-electron chi connectivity index (χ2n) is 5.11. The van der Waals surface area contributed by atoms with Gasteiger partial charge >= 0.3 is 0 Å². The highest BCUT2D eigenvalue weighted by Gasteiger charge is 2.28. The predicted octanol–water partition coefficient (Wildman–Crippen LogP) is 2.15. The van der Waals surface area contributed by atoms with E-state index in [1.165, 1.54) is 0 Å². The van der Waals surface area contributed by atoms with Gasteiger partial charge in [-0.1, -0.05) is 17.7 Å². The molecule has 1 aromatic rings. The van der Waals surface area contributed by atoms with Gasteiger partial charge in [-0.05, 0) is 38.3 Å². The van der Waals surface area contributed by atoms with Gasteiger partial charge in [-0.3, -0.25) is 4.79 Å². The van der Waals surface area contributed by atoms with Crippen LogP contribution in [0.15, 0.2) is 18.2 Å². The van der Waals surface area contributed by atoms with E-state index in [-0.39, 0.29) is 12.1 Å². The van der Waals surface area contributed by atoms with Gasteiger partial charge < -0.3 is 16.4 Å². The van der Waals surface area contributed by atoms with E-state index < -0.39 is 5.91 Å². The number of piperidine rings is 1. The Morgan fingerprint density at radius 3 is 2.84 bits per heavy atom. The average molecular weight is 282 g/mol. The summed E-state index contributed by atoms with van der Waals surface area (Å²) in [7, 11) is 0. The molecular formula is C14H20ClN3O. The van der Waals surface area contributed by atoms with Crippen molar-refractivity contribution >= 4 is 23.2 Å². The molecule has 0 bridgehead atoms. The molecule has 0 radical (unpaired) electrons. The number of amides is 1. The Morgan fingerprint density at radius 2 is 2.21 bits per heavy atom. The Labute approximate surface area is 118 Å². The van der Waals surface area contributed by atoms with E-state index in [0.717, 1.165) is 31.5 Å². The standard InChI is InChI=1S/C14H20ClN3O/c1-9(16)11-6-2-3-8-18(11)12-7-4-5-10(15)13(12)14(17)19/h4-5,7,9,11H,2-3,6,8,16H2,1H3,(H2,17,19). The lowest BCUT2D eigenvalue weighted by atomic mass is 9.95. The lowest BCUT2D eigenvalue weighted by Gasteiger charge is -2.40. The molecule has 1 aliphatic heterocycles. The molecule has 19 heavy (non-hydrogen) atoms. The minimum Gasteiger partial charge on any atom is -0.366 e. The normalized spacial score (nSPS) is 21.2. The van der Waals surface area contributed by atoms with E-state index in [0.29, 0.717) is 10.6 Å². The molecular weight excluding hydrogens is 262 g/mol. The number of hydrogen-bond donors (Lipinski definition) is 2. The molecule has 0 aliphatic carbocycles. The molecule has 104 valence electrons. The molecule has 5 heteroatoms. The fraction of sp³-hybridized carbons (Fsp3) is 0.500. The Hall–Kier alpha value is -1.26. The van der Waals surface area contributed by atoms with Gasteiger partial charge in [0.2, 0.25) is 0 Å². The van der Waals surface area contributed by atoms with Crippen molar-refractivity contribution < 1.29 is 4.79 Å². The van der Waals surface area contributed by atoms with Crippen molar-refractivity contribution in [3.8, 4) is 0 Å². The summed E-state index contributed by atoms with van der Waals surface area (Å²) in [5.74, 6) is -0.491. The minimum absolute atomic E-state index is 0.0417. The van der Waals surface area contributed by atoms with Crippen LogP contribution in [-0.2, 0) is 0 Å². The summed E-state index contributed by atoms with van der Waals surface area (Å²) in [5, 5.41) is 0.402. The van der Waals surface area contributed by atoms with Gasteiger partial charge in [0.05, 0.1) is 16.3 Å². The van der Waals surface area contributed by atoms with Gasteiger partial charge in [-0.2, -0.15) is 0 Å². The zero-order valence-corrected chi connectivity index (χ0v) is 11.9. The molecule has 2 atom stereocenters. The van der Waals surface area contributed by atoms with Gasteiger partial charge in [0, 0.05) is 18.6 Å². The largest absolute Gasteiger partial charge is 0.366 e. The summed E-state index contributed by atoms with van der Waals surface area (Å²) < 4.78 is 0. The van der Waals surface area contributed by atoms with E-state index in [9.17, 15) is 4.79 Å². The Bertz CT molecular complexity index is 476. The fourth-order valence-corrected chi connectivity index (χ4v) is 3.06. The molecule has 0 aromatic heterocycles. The van der Waals surface area contributed by atoms with Crippen LogP contribution in [0, 0.1) is 0 Å². The van der Waals surface area contributed by atoms with Crippen LogP contribution in [0.1, 0.15) is 36.5 Å². The van der Waals surface area contributed by atoms with Gasteiger partial charge in [0.1, 0.15) is 0 Å². The maximum Gasteiger partial charge on any atom is 0.252 e. The molecule has 1 aliphatic rings. The Morgan fingerprint density at radius 1 is 1.47 bits per heavy atom. The molecule has 0 spiro atoms. The number of carbonyl (C=O) groups is 1. The van der Waals surface area contributed by atoms with Crippen LogP contribution in [-0.4, -0.2) is 24.5 Å². The van der Waals surface area contributed by atoms with Crippen molar-refractivity contribution in [1.82, 2.24) is 0 Å². The van der Waals surface area contributed by atoms with E-state index >= 15 is 0 Å². The number of primary amides is 1. The van der Waals surface area contributed by atoms with Crippen molar-refractivity contribution in [2.75, 3.05) is 11.4 Å². The first-order chi connectivity index (χ1) is 9.02. The first kappa shape index (κ1) is 14.2. The number of halogens is 1. The molecule has 2 rings (SSSR count). The average Bonchev–Trinajstić information content (AvgIpc) is 2.37. The third kappa shape index (κ3) is 2.85. The number of carbonyl (C=O) groups excluding carboxylic acids is 1. The molecule has 1 saturated heterocycles. The molecule has 4 nitrogen and oxygen atoms in total. The maximum absolute atomic E-state index is 11.6. The van der Waals surface area contributed by atoms with Gasteiger partial charge in [0.15, 0.2) is 0 Å². The lowest BCUT2D eigenvalue weighted by Crippen LogP contribution is -2.49. The van der Waals surface area contributed by atoms with E-state index in [1.54, 1.807) is 6.07 Å². The maximum atomic E-state index is 11.6. The molecule has 1 amide bonds. The number of rotatable bonds is 3. The molecule has 1 fully saturated rings. The summed E-state index contributed by atoms with van der Waals surface area (Å²) in [6.07, 6.45) is 3.28. The van der Waals surface area contributed by atoms with Crippen LogP contribution in [0.4, 0.5) is 5.69 Å². The highest BCUT2D eigenvalue weighted by molar-refractivity contribution is 6.34. The summed E-state index contributed by atoms with van der Waals surface area (Å²) in [5.41, 5.74) is 12.7. The monoisotopic (exact) mass is 281 g/mol. The topological polar surface area (TPSA) is 72.3 Å². The van der Waals surface area contributed by atoms with Crippen LogP contribution in [0.3, 0.4) is 0 Å². The number of hydrogen-bond acceptors (Lipinski definition) is 3. The van der Waals surface area contributed by atoms with Gasteiger partial charge in [0.25, 0.3) is 5.91 Å². The summed E-state index contributed by atoms with van der Waals surface area (Å²) in [6.45, 7) is 2.88. The van der Waals surface area contributed by atoms with Gasteiger partial charge in [-0.15, -0.1) is 0 Å².